The Kier molecular flexibility index (Phi) is 12.8. The molecule has 1 amide bonds. The zero-order chi connectivity index (χ0) is 38.2. The Morgan fingerprint density at radius 2 is 1.85 bits per heavy atom. The first-order valence-electron chi connectivity index (χ1n) is 19.4. The molecule has 2 saturated heterocycles. The van der Waals surface area contributed by atoms with Gasteiger partial charge < -0.3 is 44.7 Å². The molecule has 1 spiro atoms. The summed E-state index contributed by atoms with van der Waals surface area (Å²) in [5, 5.41) is 25.9. The molecule has 2 aliphatic rings. The van der Waals surface area contributed by atoms with Gasteiger partial charge >= 0.3 is 0 Å². The second-order valence-electron chi connectivity index (χ2n) is 14.8. The molecule has 0 unspecified atom stereocenters. The Morgan fingerprint density at radius 3 is 2.71 bits per heavy atom. The number of amides is 1. The van der Waals surface area contributed by atoms with Crippen molar-refractivity contribution >= 4 is 44.2 Å². The first-order valence-corrected chi connectivity index (χ1v) is 20.1. The zero-order valence-corrected chi connectivity index (χ0v) is 32.4. The van der Waals surface area contributed by atoms with Crippen molar-refractivity contribution in [1.82, 2.24) is 24.5 Å². The number of ether oxygens (including phenoxy) is 2. The number of carbonyl (C=O) groups excluding carboxylic acids is 1. The summed E-state index contributed by atoms with van der Waals surface area (Å²) in [4.78, 5) is 33.6. The summed E-state index contributed by atoms with van der Waals surface area (Å²) in [6.45, 7) is 7.80. The number of hydrogen-bond acceptors (Lipinski definition) is 11. The molecule has 4 heterocycles. The van der Waals surface area contributed by atoms with Crippen LogP contribution in [0.4, 0.5) is 5.82 Å². The number of fused-ring (bicyclic) bond motifs is 2. The number of aromatic hydroxyl groups is 1. The van der Waals surface area contributed by atoms with Gasteiger partial charge in [-0.15, -0.1) is 0 Å². The predicted octanol–water partition coefficient (Wildman–Crippen LogP) is 4.49. The summed E-state index contributed by atoms with van der Waals surface area (Å²) >= 11 is 1.58. The number of aliphatic hydroxyl groups is 1. The molecule has 0 radical (unpaired) electrons. The van der Waals surface area contributed by atoms with E-state index in [9.17, 15) is 19.8 Å². The number of nitrogens with zero attached hydrogens (tertiary/aromatic N) is 4. The van der Waals surface area contributed by atoms with Gasteiger partial charge in [0, 0.05) is 76.2 Å². The predicted molar refractivity (Wildman–Crippen MR) is 217 cm³/mol. The summed E-state index contributed by atoms with van der Waals surface area (Å²) in [5.41, 5.74) is 3.05. The fourth-order valence-corrected chi connectivity index (χ4v) is 8.55. The van der Waals surface area contributed by atoms with Crippen LogP contribution in [0.3, 0.4) is 0 Å². The van der Waals surface area contributed by atoms with Gasteiger partial charge in [-0.2, -0.15) is 4.37 Å². The third-order valence-electron chi connectivity index (χ3n) is 11.0. The lowest BCUT2D eigenvalue weighted by molar-refractivity contribution is -0.131. The molecule has 292 valence electrons. The second-order valence-corrected chi connectivity index (χ2v) is 15.6. The number of nitrogens with one attached hydrogen (secondary N) is 2. The fraction of sp³-hybridized carbons (Fsp3) is 0.452. The number of phenols is 1. The smallest absolute Gasteiger partial charge is 0.248 e. The number of H-pyrrole nitrogens is 1. The van der Waals surface area contributed by atoms with Crippen molar-refractivity contribution in [3.8, 4) is 5.75 Å². The molecule has 7 rings (SSSR count). The van der Waals surface area contributed by atoms with Gasteiger partial charge in [-0.05, 0) is 78.2 Å². The minimum absolute atomic E-state index is 0.00178. The number of piperidine rings is 1. The number of anilines is 1. The van der Waals surface area contributed by atoms with E-state index < -0.39 is 6.10 Å². The maximum Gasteiger partial charge on any atom is 0.248 e. The number of rotatable bonds is 16. The van der Waals surface area contributed by atoms with Crippen LogP contribution in [0.2, 0.25) is 0 Å². The quantitative estimate of drug-likeness (QED) is 0.106. The lowest BCUT2D eigenvalue weighted by Crippen LogP contribution is -2.57. The summed E-state index contributed by atoms with van der Waals surface area (Å²) in [6, 6.07) is 23.3. The number of benzene rings is 3. The van der Waals surface area contributed by atoms with Gasteiger partial charge in [0.05, 0.1) is 48.2 Å². The van der Waals surface area contributed by atoms with Crippen LogP contribution in [-0.4, -0.2) is 120 Å². The lowest BCUT2D eigenvalue weighted by Gasteiger charge is -2.47. The molecule has 2 aliphatic heterocycles. The molecule has 0 aliphatic carbocycles. The van der Waals surface area contributed by atoms with Gasteiger partial charge in [0.2, 0.25) is 11.5 Å². The molecule has 55 heavy (non-hydrogen) atoms. The molecule has 1 atom stereocenters. The molecular formula is C42H52N6O6S. The average Bonchev–Trinajstić information content (AvgIpc) is 3.64. The Balaban J connectivity index is 0.763. The third-order valence-corrected chi connectivity index (χ3v) is 11.8. The number of hydrogen-bond donors (Lipinski definition) is 4. The van der Waals surface area contributed by atoms with Gasteiger partial charge in [0.1, 0.15) is 11.6 Å². The summed E-state index contributed by atoms with van der Waals surface area (Å²) in [7, 11) is 1.76. The standard InChI is InChI=1S/C42H52N6O6S/c1-46(22-18-43-28-36(50)32-9-11-35(49)40-33(32)10-12-38(51)44-40)39(52)15-25-53-24-14-31-6-4-5-30(27-31)13-19-47-20-16-42(17-21-47)29-48(23-26-54-42)41-34-7-2-3-8-37(34)55-45-41/h2-12,27,36,43,49-50H,13-26,28-29H2,1H3,(H,44,51)/t36-/m0/s1. The number of aliphatic hydroxyl groups excluding tert-OH is 1. The van der Waals surface area contributed by atoms with E-state index in [0.717, 1.165) is 70.8 Å². The van der Waals surface area contributed by atoms with Crippen molar-refractivity contribution < 1.29 is 24.5 Å². The minimum atomic E-state index is -0.854. The molecule has 0 saturated carbocycles. The van der Waals surface area contributed by atoms with E-state index in [1.165, 1.54) is 33.3 Å². The highest BCUT2D eigenvalue weighted by molar-refractivity contribution is 7.13. The first-order chi connectivity index (χ1) is 26.8. The normalized spacial score (nSPS) is 16.6. The van der Waals surface area contributed by atoms with Crippen molar-refractivity contribution in [2.45, 2.75) is 43.8 Å². The van der Waals surface area contributed by atoms with E-state index in [4.69, 9.17) is 13.8 Å². The van der Waals surface area contributed by atoms with E-state index in [1.807, 2.05) is 0 Å². The molecule has 5 aromatic rings. The van der Waals surface area contributed by atoms with Crippen LogP contribution in [0.25, 0.3) is 21.0 Å². The van der Waals surface area contributed by atoms with E-state index in [-0.39, 0.29) is 29.4 Å². The van der Waals surface area contributed by atoms with Crippen LogP contribution >= 0.6 is 11.5 Å². The van der Waals surface area contributed by atoms with Gasteiger partial charge in [0.25, 0.3) is 0 Å². The SMILES string of the molecule is CN(CCNC[C@H](O)c1ccc(O)c2[nH]c(=O)ccc12)C(=O)CCOCCc1cccc(CCN2CCC3(CC2)CN(c2nsc4ccccc24)CCO3)c1. The minimum Gasteiger partial charge on any atom is -0.506 e. The molecule has 2 fully saturated rings. The molecule has 13 heteroatoms. The zero-order valence-electron chi connectivity index (χ0n) is 31.5. The number of phenolic OH excluding ortho intramolecular Hbond substituents is 1. The van der Waals surface area contributed by atoms with E-state index in [0.29, 0.717) is 49.2 Å². The van der Waals surface area contributed by atoms with E-state index >= 15 is 0 Å². The molecule has 0 bridgehead atoms. The third kappa shape index (κ3) is 9.72. The Morgan fingerprint density at radius 1 is 1.04 bits per heavy atom. The Labute approximate surface area is 325 Å². The van der Waals surface area contributed by atoms with Crippen LogP contribution in [0.15, 0.2) is 77.6 Å². The van der Waals surface area contributed by atoms with E-state index in [1.54, 1.807) is 35.6 Å². The maximum atomic E-state index is 12.7. The van der Waals surface area contributed by atoms with Gasteiger partial charge in [0.15, 0.2) is 0 Å². The van der Waals surface area contributed by atoms with Gasteiger partial charge in [-0.3, -0.25) is 9.59 Å². The number of aromatic nitrogens is 2. The second kappa shape index (κ2) is 18.1. The topological polar surface area (TPSA) is 143 Å². The molecule has 2 aromatic heterocycles. The van der Waals surface area contributed by atoms with Crippen molar-refractivity contribution in [2.75, 3.05) is 84.1 Å². The summed E-state index contributed by atoms with van der Waals surface area (Å²) in [5.74, 6) is 1.06. The number of morpholine rings is 1. The van der Waals surface area contributed by atoms with E-state index in [2.05, 4.69) is 68.6 Å². The average molecular weight is 769 g/mol. The molecular weight excluding hydrogens is 717 g/mol. The molecule has 3 aromatic carbocycles. The maximum absolute atomic E-state index is 12.7. The van der Waals surface area contributed by atoms with Crippen molar-refractivity contribution in [1.29, 1.82) is 0 Å². The highest BCUT2D eigenvalue weighted by Crippen LogP contribution is 2.36. The van der Waals surface area contributed by atoms with Crippen molar-refractivity contribution in [3.63, 3.8) is 0 Å². The highest BCUT2D eigenvalue weighted by Gasteiger charge is 2.40. The number of likely N-dealkylation sites (N-methyl/N-ethyl adjacent to an activating group) is 1. The Hall–Kier alpha value is -4.37. The lowest BCUT2D eigenvalue weighted by atomic mass is 9.89. The van der Waals surface area contributed by atoms with Crippen LogP contribution < -0.4 is 15.8 Å². The monoisotopic (exact) mass is 768 g/mol. The van der Waals surface area contributed by atoms with Crippen molar-refractivity contribution in [3.05, 3.63) is 99.8 Å². The number of pyridine rings is 1. The molecule has 4 N–H and O–H groups in total. The summed E-state index contributed by atoms with van der Waals surface area (Å²) < 4.78 is 18.4. The first kappa shape index (κ1) is 38.9. The summed E-state index contributed by atoms with van der Waals surface area (Å²) in [6.07, 6.45) is 3.32. The van der Waals surface area contributed by atoms with Gasteiger partial charge in [-0.25, -0.2) is 0 Å². The number of carbonyl (C=O) groups is 1. The van der Waals surface area contributed by atoms with Crippen LogP contribution in [0.5, 0.6) is 5.75 Å². The molecule has 12 nitrogen and oxygen atoms in total. The van der Waals surface area contributed by atoms with Gasteiger partial charge in [-0.1, -0.05) is 42.5 Å². The Bertz CT molecular complexity index is 2110. The van der Waals surface area contributed by atoms with Crippen LogP contribution in [0, 0.1) is 0 Å². The van der Waals surface area contributed by atoms with Crippen LogP contribution in [0.1, 0.15) is 42.1 Å². The van der Waals surface area contributed by atoms with Crippen LogP contribution in [-0.2, 0) is 27.1 Å². The number of aromatic amines is 1. The largest absolute Gasteiger partial charge is 0.506 e. The fourth-order valence-electron chi connectivity index (χ4n) is 7.75. The highest BCUT2D eigenvalue weighted by atomic mass is 32.1. The van der Waals surface area contributed by atoms with Crippen molar-refractivity contribution in [2.24, 2.45) is 0 Å². The number of likely N-dealkylation sites (tertiary alicyclic amines) is 1.